The summed E-state index contributed by atoms with van der Waals surface area (Å²) in [6.07, 6.45) is 0. The molecule has 0 saturated carbocycles. The zero-order valence-electron chi connectivity index (χ0n) is 20.7. The van der Waals surface area contributed by atoms with E-state index in [0.29, 0.717) is 16.9 Å². The van der Waals surface area contributed by atoms with Gasteiger partial charge in [0.1, 0.15) is 17.6 Å². The molecule has 0 heterocycles. The first-order valence-corrected chi connectivity index (χ1v) is 11.5. The van der Waals surface area contributed by atoms with Crippen LogP contribution in [0.1, 0.15) is 37.9 Å². The number of hydrogen-bond acceptors (Lipinski definition) is 4. The van der Waals surface area contributed by atoms with E-state index in [1.165, 1.54) is 23.1 Å². The number of methoxy groups -OCH3 is 1. The summed E-state index contributed by atoms with van der Waals surface area (Å²) < 4.78 is 19.4. The number of benzene rings is 3. The minimum absolute atomic E-state index is 0.0509. The topological polar surface area (TPSA) is 87.7 Å². The molecule has 1 unspecified atom stereocenters. The van der Waals surface area contributed by atoms with Gasteiger partial charge in [-0.1, -0.05) is 54.6 Å². The Labute approximate surface area is 210 Å². The van der Waals surface area contributed by atoms with Crippen molar-refractivity contribution >= 4 is 23.4 Å². The number of halogens is 1. The summed E-state index contributed by atoms with van der Waals surface area (Å²) in [5, 5.41) is 5.24. The van der Waals surface area contributed by atoms with Gasteiger partial charge in [0, 0.05) is 12.1 Å². The van der Waals surface area contributed by atoms with Gasteiger partial charge in [-0.15, -0.1) is 0 Å². The van der Waals surface area contributed by atoms with Crippen LogP contribution in [0, 0.1) is 5.82 Å². The maximum Gasteiger partial charge on any atom is 0.314 e. The van der Waals surface area contributed by atoms with Crippen LogP contribution in [0.4, 0.5) is 10.1 Å². The molecule has 0 saturated heterocycles. The first kappa shape index (κ1) is 26.4. The lowest BCUT2D eigenvalue weighted by Crippen LogP contribution is -2.51. The van der Waals surface area contributed by atoms with Crippen LogP contribution in [0.15, 0.2) is 78.9 Å². The number of ether oxygens (including phenoxy) is 1. The monoisotopic (exact) mass is 491 g/mol. The fraction of sp³-hybridized carbons (Fsp3) is 0.250. The third kappa shape index (κ3) is 6.91. The summed E-state index contributed by atoms with van der Waals surface area (Å²) in [5.74, 6) is -2.54. The molecule has 0 spiro atoms. The van der Waals surface area contributed by atoms with Gasteiger partial charge in [-0.3, -0.25) is 14.4 Å². The Morgan fingerprint density at radius 3 is 2.11 bits per heavy atom. The van der Waals surface area contributed by atoms with Crippen LogP contribution in [-0.4, -0.2) is 35.3 Å². The van der Waals surface area contributed by atoms with E-state index in [1.807, 2.05) is 20.8 Å². The Morgan fingerprint density at radius 2 is 1.53 bits per heavy atom. The lowest BCUT2D eigenvalue weighted by molar-refractivity contribution is -0.148. The van der Waals surface area contributed by atoms with E-state index in [-0.39, 0.29) is 12.2 Å². The number of rotatable bonds is 7. The van der Waals surface area contributed by atoms with Crippen molar-refractivity contribution in [3.05, 3.63) is 95.8 Å². The molecule has 0 aromatic heterocycles. The minimum atomic E-state index is -1.12. The van der Waals surface area contributed by atoms with E-state index in [4.69, 9.17) is 4.74 Å². The van der Waals surface area contributed by atoms with Crippen LogP contribution in [0.2, 0.25) is 0 Å². The van der Waals surface area contributed by atoms with Crippen LogP contribution in [0.5, 0.6) is 5.75 Å². The number of carbonyl (C=O) groups is 3. The van der Waals surface area contributed by atoms with Crippen molar-refractivity contribution < 1.29 is 23.5 Å². The Hall–Kier alpha value is -4.20. The molecule has 36 heavy (non-hydrogen) atoms. The molecular formula is C28H30FN3O4. The summed E-state index contributed by atoms with van der Waals surface area (Å²) in [6, 6.07) is 20.1. The Kier molecular flexibility index (Phi) is 8.42. The van der Waals surface area contributed by atoms with E-state index >= 15 is 0 Å². The van der Waals surface area contributed by atoms with Gasteiger partial charge in [0.05, 0.1) is 12.8 Å². The highest BCUT2D eigenvalue weighted by Gasteiger charge is 2.36. The van der Waals surface area contributed by atoms with Gasteiger partial charge in [0.2, 0.25) is 5.91 Å². The molecule has 8 heteroatoms. The number of hydrogen-bond donors (Lipinski definition) is 2. The van der Waals surface area contributed by atoms with Gasteiger partial charge in [0.25, 0.3) is 0 Å². The summed E-state index contributed by atoms with van der Waals surface area (Å²) in [5.41, 5.74) is 0.483. The average Bonchev–Trinajstić information content (AvgIpc) is 2.84. The van der Waals surface area contributed by atoms with Crippen molar-refractivity contribution in [2.75, 3.05) is 12.4 Å². The number of nitrogens with zero attached hydrogens (tertiary/aromatic N) is 1. The predicted molar refractivity (Wildman–Crippen MR) is 136 cm³/mol. The standard InChI is InChI=1S/C28H30FN3O4/c1-28(2,3)31-25(33)24(20-10-6-5-7-11-20)32(18-19-14-16-21(36-4)17-15-19)27(35)26(34)30-23-13-9-8-12-22(23)29/h5-17,24H,18H2,1-4H3,(H,30,34)(H,31,33). The second-order valence-corrected chi connectivity index (χ2v) is 9.27. The van der Waals surface area contributed by atoms with Crippen LogP contribution in [-0.2, 0) is 20.9 Å². The number of nitrogens with one attached hydrogen (secondary N) is 2. The molecule has 188 valence electrons. The Morgan fingerprint density at radius 1 is 0.917 bits per heavy atom. The highest BCUT2D eigenvalue weighted by Crippen LogP contribution is 2.26. The highest BCUT2D eigenvalue weighted by atomic mass is 19.1. The lowest BCUT2D eigenvalue weighted by Gasteiger charge is -2.33. The largest absolute Gasteiger partial charge is 0.497 e. The first-order chi connectivity index (χ1) is 17.1. The first-order valence-electron chi connectivity index (χ1n) is 11.5. The van der Waals surface area contributed by atoms with Crippen molar-refractivity contribution in [1.29, 1.82) is 0 Å². The Balaban J connectivity index is 2.03. The Bertz CT molecular complexity index is 1210. The maximum absolute atomic E-state index is 14.2. The molecule has 3 rings (SSSR count). The van der Waals surface area contributed by atoms with Gasteiger partial charge in [-0.2, -0.15) is 0 Å². The van der Waals surface area contributed by atoms with E-state index in [0.717, 1.165) is 0 Å². The third-order valence-corrected chi connectivity index (χ3v) is 5.26. The molecule has 7 nitrogen and oxygen atoms in total. The summed E-state index contributed by atoms with van der Waals surface area (Å²) in [7, 11) is 1.54. The highest BCUT2D eigenvalue weighted by molar-refractivity contribution is 6.39. The SMILES string of the molecule is COc1ccc(CN(C(=O)C(=O)Nc2ccccc2F)C(C(=O)NC(C)(C)C)c2ccccc2)cc1. The molecule has 0 aliphatic rings. The molecule has 2 N–H and O–H groups in total. The smallest absolute Gasteiger partial charge is 0.314 e. The normalized spacial score (nSPS) is 11.8. The van der Waals surface area contributed by atoms with E-state index in [9.17, 15) is 18.8 Å². The van der Waals surface area contributed by atoms with Crippen LogP contribution >= 0.6 is 0 Å². The van der Waals surface area contributed by atoms with Crippen molar-refractivity contribution in [1.82, 2.24) is 10.2 Å². The molecule has 0 aliphatic heterocycles. The van der Waals surface area contributed by atoms with Crippen molar-refractivity contribution in [3.63, 3.8) is 0 Å². The second kappa shape index (κ2) is 11.5. The fourth-order valence-corrected chi connectivity index (χ4v) is 3.62. The zero-order chi connectivity index (χ0) is 26.3. The van der Waals surface area contributed by atoms with Crippen LogP contribution < -0.4 is 15.4 Å². The van der Waals surface area contributed by atoms with Gasteiger partial charge < -0.3 is 20.3 Å². The summed E-state index contributed by atoms with van der Waals surface area (Å²) in [6.45, 7) is 5.43. The molecule has 1 atom stereocenters. The minimum Gasteiger partial charge on any atom is -0.497 e. The van der Waals surface area contributed by atoms with Gasteiger partial charge in [-0.25, -0.2) is 4.39 Å². The van der Waals surface area contributed by atoms with E-state index in [1.54, 1.807) is 67.8 Å². The molecule has 0 bridgehead atoms. The van der Waals surface area contributed by atoms with Crippen molar-refractivity contribution in [3.8, 4) is 5.75 Å². The van der Waals surface area contributed by atoms with Crippen molar-refractivity contribution in [2.24, 2.45) is 0 Å². The van der Waals surface area contributed by atoms with E-state index < -0.39 is 35.1 Å². The molecular weight excluding hydrogens is 461 g/mol. The predicted octanol–water partition coefficient (Wildman–Crippen LogP) is 4.46. The number of carbonyl (C=O) groups excluding carboxylic acids is 3. The number of amides is 3. The van der Waals surface area contributed by atoms with Gasteiger partial charge in [-0.05, 0) is 56.2 Å². The lowest BCUT2D eigenvalue weighted by atomic mass is 10.0. The number of anilines is 1. The summed E-state index contributed by atoms with van der Waals surface area (Å²) >= 11 is 0. The molecule has 3 aromatic carbocycles. The molecule has 3 aromatic rings. The second-order valence-electron chi connectivity index (χ2n) is 9.27. The molecule has 0 radical (unpaired) electrons. The number of para-hydroxylation sites is 1. The molecule has 0 fully saturated rings. The quantitative estimate of drug-likeness (QED) is 0.478. The molecule has 3 amide bonds. The van der Waals surface area contributed by atoms with Gasteiger partial charge >= 0.3 is 11.8 Å². The average molecular weight is 492 g/mol. The third-order valence-electron chi connectivity index (χ3n) is 5.26. The summed E-state index contributed by atoms with van der Waals surface area (Å²) in [4.78, 5) is 41.3. The van der Waals surface area contributed by atoms with Gasteiger partial charge in [0.15, 0.2) is 0 Å². The molecule has 0 aliphatic carbocycles. The van der Waals surface area contributed by atoms with Crippen molar-refractivity contribution in [2.45, 2.75) is 38.9 Å². The zero-order valence-corrected chi connectivity index (χ0v) is 20.7. The van der Waals surface area contributed by atoms with Crippen LogP contribution in [0.3, 0.4) is 0 Å². The fourth-order valence-electron chi connectivity index (χ4n) is 3.62. The van der Waals surface area contributed by atoms with E-state index in [2.05, 4.69) is 10.6 Å². The maximum atomic E-state index is 14.2. The van der Waals surface area contributed by atoms with Crippen LogP contribution in [0.25, 0.3) is 0 Å².